The summed E-state index contributed by atoms with van der Waals surface area (Å²) in [7, 11) is 0. The van der Waals surface area contributed by atoms with Gasteiger partial charge in [-0.2, -0.15) is 0 Å². The van der Waals surface area contributed by atoms with Gasteiger partial charge in [0.25, 0.3) is 5.91 Å². The number of halogens is 2. The van der Waals surface area contributed by atoms with Crippen LogP contribution < -0.4 is 5.32 Å². The molecule has 6 nitrogen and oxygen atoms in total. The smallest absolute Gasteiger partial charge is 0.326 e. The Morgan fingerprint density at radius 3 is 2.52 bits per heavy atom. The minimum atomic E-state index is -0.810. The fourth-order valence-corrected chi connectivity index (χ4v) is 3.45. The van der Waals surface area contributed by atoms with E-state index in [4.69, 9.17) is 27.9 Å². The summed E-state index contributed by atoms with van der Waals surface area (Å²) in [5, 5.41) is 2.71. The van der Waals surface area contributed by atoms with Crippen LogP contribution >= 0.6 is 23.2 Å². The number of nitrogens with one attached hydrogen (secondary N) is 1. The number of nitrogens with zero attached hydrogens (tertiary/aromatic N) is 1. The van der Waals surface area contributed by atoms with Gasteiger partial charge in [-0.15, -0.1) is 23.2 Å². The first-order valence-electron chi connectivity index (χ1n) is 7.02. The first kappa shape index (κ1) is 14.9. The zero-order chi connectivity index (χ0) is 15.3. The van der Waals surface area contributed by atoms with Crippen LogP contribution in [0, 0.1) is 5.92 Å². The number of esters is 1. The number of alkyl halides is 2. The van der Waals surface area contributed by atoms with Crippen molar-refractivity contribution < 1.29 is 19.1 Å². The highest BCUT2D eigenvalue weighted by atomic mass is 35.5. The highest BCUT2D eigenvalue weighted by molar-refractivity contribution is 6.50. The van der Waals surface area contributed by atoms with E-state index in [1.807, 2.05) is 0 Å². The minimum Gasteiger partial charge on any atom is -0.464 e. The summed E-state index contributed by atoms with van der Waals surface area (Å²) in [6, 6.07) is -0.519. The molecule has 0 bridgehead atoms. The molecule has 1 heterocycles. The maximum atomic E-state index is 12.3. The molecule has 3 fully saturated rings. The van der Waals surface area contributed by atoms with E-state index in [0.717, 1.165) is 17.7 Å². The summed E-state index contributed by atoms with van der Waals surface area (Å²) in [6.07, 6.45) is 3.65. The fourth-order valence-electron chi connectivity index (χ4n) is 2.96. The lowest BCUT2D eigenvalue weighted by molar-refractivity contribution is -0.148. The molecule has 3 rings (SSSR count). The summed E-state index contributed by atoms with van der Waals surface area (Å²) >= 11 is 11.7. The van der Waals surface area contributed by atoms with Crippen LogP contribution in [-0.2, 0) is 14.3 Å². The van der Waals surface area contributed by atoms with Gasteiger partial charge in [0.05, 0.1) is 6.61 Å². The zero-order valence-electron chi connectivity index (χ0n) is 11.4. The standard InChI is InChI=1S/C13H16Cl2N2O4/c14-13(15)5-8(13)7-21-9(18)6-17-10(19)12(16-11(17)20)3-1-2-4-12/h8H,1-7H2,(H,16,20)/t8-/m1/s1. The number of rotatable bonds is 4. The van der Waals surface area contributed by atoms with E-state index >= 15 is 0 Å². The van der Waals surface area contributed by atoms with E-state index in [-0.39, 0.29) is 25.0 Å². The van der Waals surface area contributed by atoms with Crippen LogP contribution in [0.4, 0.5) is 4.79 Å². The first-order valence-corrected chi connectivity index (χ1v) is 7.77. The Balaban J connectivity index is 1.53. The molecular weight excluding hydrogens is 319 g/mol. The largest absolute Gasteiger partial charge is 0.464 e. The molecule has 21 heavy (non-hydrogen) atoms. The van der Waals surface area contributed by atoms with Gasteiger partial charge in [0.1, 0.15) is 16.4 Å². The van der Waals surface area contributed by atoms with Gasteiger partial charge in [0.2, 0.25) is 0 Å². The van der Waals surface area contributed by atoms with Crippen LogP contribution in [0.1, 0.15) is 32.1 Å². The second-order valence-electron chi connectivity index (χ2n) is 5.96. The lowest BCUT2D eigenvalue weighted by Crippen LogP contribution is -2.44. The monoisotopic (exact) mass is 334 g/mol. The third kappa shape index (κ3) is 2.71. The number of carbonyl (C=O) groups is 3. The summed E-state index contributed by atoms with van der Waals surface area (Å²) in [5.41, 5.74) is -0.796. The van der Waals surface area contributed by atoms with Gasteiger partial charge in [0.15, 0.2) is 0 Å². The van der Waals surface area contributed by atoms with Crippen LogP contribution in [-0.4, -0.2) is 45.8 Å². The van der Waals surface area contributed by atoms with Gasteiger partial charge in [0, 0.05) is 5.92 Å². The van der Waals surface area contributed by atoms with Crippen LogP contribution in [0.3, 0.4) is 0 Å². The molecule has 0 aromatic carbocycles. The second-order valence-corrected chi connectivity index (χ2v) is 7.50. The molecule has 0 aromatic rings. The van der Waals surface area contributed by atoms with E-state index < -0.39 is 21.9 Å². The number of hydrogen-bond acceptors (Lipinski definition) is 4. The summed E-state index contributed by atoms with van der Waals surface area (Å²) in [6.45, 7) is -0.253. The average Bonchev–Trinajstić information content (AvgIpc) is 2.75. The summed E-state index contributed by atoms with van der Waals surface area (Å²) < 4.78 is 4.22. The Morgan fingerprint density at radius 2 is 1.95 bits per heavy atom. The Hall–Kier alpha value is -1.01. The predicted octanol–water partition coefficient (Wildman–Crippen LogP) is 1.59. The van der Waals surface area contributed by atoms with Gasteiger partial charge in [-0.1, -0.05) is 12.8 Å². The highest BCUT2D eigenvalue weighted by Gasteiger charge is 2.54. The third-order valence-corrected chi connectivity index (χ3v) is 5.32. The van der Waals surface area contributed by atoms with Gasteiger partial charge in [-0.25, -0.2) is 4.79 Å². The van der Waals surface area contributed by atoms with E-state index in [1.54, 1.807) is 0 Å². The quantitative estimate of drug-likeness (QED) is 0.481. The maximum absolute atomic E-state index is 12.3. The molecule has 0 radical (unpaired) electrons. The lowest BCUT2D eigenvalue weighted by Gasteiger charge is -2.19. The van der Waals surface area contributed by atoms with Crippen molar-refractivity contribution in [2.24, 2.45) is 5.92 Å². The molecule has 1 aliphatic heterocycles. The molecule has 116 valence electrons. The van der Waals surface area contributed by atoms with Crippen molar-refractivity contribution in [3.05, 3.63) is 0 Å². The van der Waals surface area contributed by atoms with E-state index in [2.05, 4.69) is 5.32 Å². The highest BCUT2D eigenvalue weighted by Crippen LogP contribution is 2.53. The summed E-state index contributed by atoms with van der Waals surface area (Å²) in [5.74, 6) is -1.02. The summed E-state index contributed by atoms with van der Waals surface area (Å²) in [4.78, 5) is 36.9. The Labute approximate surface area is 132 Å². The van der Waals surface area contributed by atoms with Crippen molar-refractivity contribution in [3.8, 4) is 0 Å². The van der Waals surface area contributed by atoms with Gasteiger partial charge in [-0.05, 0) is 19.3 Å². The molecule has 1 N–H and O–H groups in total. The number of ether oxygens (including phenoxy) is 1. The zero-order valence-corrected chi connectivity index (χ0v) is 12.9. The molecule has 0 unspecified atom stereocenters. The molecule has 8 heteroatoms. The fraction of sp³-hybridized carbons (Fsp3) is 0.769. The number of urea groups is 1. The molecule has 1 atom stereocenters. The SMILES string of the molecule is O=C(CN1C(=O)NC2(CCCC2)C1=O)OC[C@H]1CC1(Cl)Cl. The number of hydrogen-bond donors (Lipinski definition) is 1. The van der Waals surface area contributed by atoms with Crippen molar-refractivity contribution in [2.75, 3.05) is 13.2 Å². The van der Waals surface area contributed by atoms with Crippen LogP contribution in [0.25, 0.3) is 0 Å². The third-order valence-electron chi connectivity index (χ3n) is 4.39. The van der Waals surface area contributed by atoms with Crippen LogP contribution in [0.15, 0.2) is 0 Å². The van der Waals surface area contributed by atoms with Gasteiger partial charge in [-0.3, -0.25) is 14.5 Å². The molecule has 3 aliphatic rings. The predicted molar refractivity (Wildman–Crippen MR) is 74.9 cm³/mol. The van der Waals surface area contributed by atoms with Gasteiger partial charge >= 0.3 is 12.0 Å². The second kappa shape index (κ2) is 5.02. The van der Waals surface area contributed by atoms with E-state index in [9.17, 15) is 14.4 Å². The van der Waals surface area contributed by atoms with E-state index in [1.165, 1.54) is 0 Å². The van der Waals surface area contributed by atoms with E-state index in [0.29, 0.717) is 19.3 Å². The topological polar surface area (TPSA) is 75.7 Å². The maximum Gasteiger partial charge on any atom is 0.326 e. The molecule has 1 saturated heterocycles. The Bertz CT molecular complexity index is 502. The lowest BCUT2D eigenvalue weighted by atomic mass is 9.98. The molecule has 0 aromatic heterocycles. The molecule has 3 amide bonds. The Morgan fingerprint density at radius 1 is 1.33 bits per heavy atom. The first-order chi connectivity index (χ1) is 9.84. The van der Waals surface area contributed by atoms with Crippen molar-refractivity contribution in [1.82, 2.24) is 10.2 Å². The Kier molecular flexibility index (Phi) is 3.56. The minimum absolute atomic E-state index is 0.0749. The van der Waals surface area contributed by atoms with Crippen molar-refractivity contribution in [1.29, 1.82) is 0 Å². The van der Waals surface area contributed by atoms with Crippen LogP contribution in [0.2, 0.25) is 0 Å². The molecule has 1 spiro atoms. The van der Waals surface area contributed by atoms with Crippen LogP contribution in [0.5, 0.6) is 0 Å². The molecule has 2 saturated carbocycles. The molecular formula is C13H16Cl2N2O4. The number of carbonyl (C=O) groups excluding carboxylic acids is 3. The van der Waals surface area contributed by atoms with Crippen molar-refractivity contribution >= 4 is 41.1 Å². The van der Waals surface area contributed by atoms with Crippen molar-refractivity contribution in [2.45, 2.75) is 42.0 Å². The van der Waals surface area contributed by atoms with Gasteiger partial charge < -0.3 is 10.1 Å². The molecule has 2 aliphatic carbocycles. The number of amides is 3. The average molecular weight is 335 g/mol. The number of imide groups is 1. The normalized spacial score (nSPS) is 28.9. The van der Waals surface area contributed by atoms with Crippen molar-refractivity contribution in [3.63, 3.8) is 0 Å².